The van der Waals surface area contributed by atoms with E-state index in [0.29, 0.717) is 16.6 Å². The van der Waals surface area contributed by atoms with Gasteiger partial charge in [-0.25, -0.2) is 4.98 Å². The lowest BCUT2D eigenvalue weighted by Gasteiger charge is -2.13. The molecule has 1 atom stereocenters. The van der Waals surface area contributed by atoms with Crippen LogP contribution in [0.3, 0.4) is 0 Å². The SMILES string of the molecule is CC(O)Cc1cc2[nH]ncc2cc1NC(=O)c1cccc(C(F)(F)F)n1. The molecule has 3 rings (SSSR count). The van der Waals surface area contributed by atoms with Gasteiger partial charge in [-0.1, -0.05) is 6.07 Å². The van der Waals surface area contributed by atoms with Crippen LogP contribution in [0.2, 0.25) is 0 Å². The molecule has 0 bridgehead atoms. The fourth-order valence-corrected chi connectivity index (χ4v) is 2.55. The number of aromatic nitrogens is 3. The summed E-state index contributed by atoms with van der Waals surface area (Å²) in [6.07, 6.45) is -3.50. The van der Waals surface area contributed by atoms with Crippen LogP contribution < -0.4 is 5.32 Å². The van der Waals surface area contributed by atoms with Crippen LogP contribution in [0.4, 0.5) is 18.9 Å². The number of benzene rings is 1. The highest BCUT2D eigenvalue weighted by molar-refractivity contribution is 6.04. The molecule has 1 unspecified atom stereocenters. The van der Waals surface area contributed by atoms with Gasteiger partial charge in [-0.2, -0.15) is 18.3 Å². The summed E-state index contributed by atoms with van der Waals surface area (Å²) in [6.45, 7) is 1.59. The van der Waals surface area contributed by atoms with E-state index < -0.39 is 23.9 Å². The van der Waals surface area contributed by atoms with Crippen LogP contribution in [-0.2, 0) is 12.6 Å². The van der Waals surface area contributed by atoms with Crippen molar-refractivity contribution in [2.45, 2.75) is 25.6 Å². The minimum Gasteiger partial charge on any atom is -0.393 e. The predicted octanol–water partition coefficient (Wildman–Crippen LogP) is 3.15. The van der Waals surface area contributed by atoms with Crippen molar-refractivity contribution in [1.29, 1.82) is 0 Å². The van der Waals surface area contributed by atoms with E-state index in [1.165, 1.54) is 6.07 Å². The van der Waals surface area contributed by atoms with Gasteiger partial charge in [0, 0.05) is 17.5 Å². The van der Waals surface area contributed by atoms with E-state index in [-0.39, 0.29) is 12.1 Å². The highest BCUT2D eigenvalue weighted by Gasteiger charge is 2.33. The first-order valence-electron chi connectivity index (χ1n) is 7.73. The largest absolute Gasteiger partial charge is 0.433 e. The molecular formula is C17H15F3N4O2. The van der Waals surface area contributed by atoms with Crippen molar-refractivity contribution >= 4 is 22.5 Å². The van der Waals surface area contributed by atoms with Gasteiger partial charge < -0.3 is 10.4 Å². The van der Waals surface area contributed by atoms with E-state index >= 15 is 0 Å². The number of fused-ring (bicyclic) bond motifs is 1. The summed E-state index contributed by atoms with van der Waals surface area (Å²) < 4.78 is 38.3. The van der Waals surface area contributed by atoms with Gasteiger partial charge in [-0.05, 0) is 36.8 Å². The van der Waals surface area contributed by atoms with E-state index in [0.717, 1.165) is 17.6 Å². The van der Waals surface area contributed by atoms with Crippen LogP contribution in [0, 0.1) is 0 Å². The number of aromatic amines is 1. The number of halogens is 3. The number of aliphatic hydroxyl groups is 1. The van der Waals surface area contributed by atoms with Gasteiger partial charge in [-0.15, -0.1) is 0 Å². The molecule has 6 nitrogen and oxygen atoms in total. The van der Waals surface area contributed by atoms with E-state index in [1.54, 1.807) is 25.3 Å². The molecule has 0 aliphatic rings. The second-order valence-electron chi connectivity index (χ2n) is 5.88. The van der Waals surface area contributed by atoms with Gasteiger partial charge in [0.2, 0.25) is 0 Å². The minimum atomic E-state index is -4.64. The maximum absolute atomic E-state index is 12.8. The van der Waals surface area contributed by atoms with Crippen molar-refractivity contribution in [3.05, 3.63) is 53.5 Å². The number of carbonyl (C=O) groups is 1. The number of pyridine rings is 1. The molecule has 3 N–H and O–H groups in total. The first kappa shape index (κ1) is 17.9. The van der Waals surface area contributed by atoms with Gasteiger partial charge in [0.15, 0.2) is 0 Å². The molecule has 26 heavy (non-hydrogen) atoms. The number of aliphatic hydroxyl groups excluding tert-OH is 1. The quantitative estimate of drug-likeness (QED) is 0.663. The maximum atomic E-state index is 12.8. The Morgan fingerprint density at radius 2 is 2.12 bits per heavy atom. The van der Waals surface area contributed by atoms with Crippen LogP contribution in [0.25, 0.3) is 10.9 Å². The summed E-state index contributed by atoms with van der Waals surface area (Å²) in [6, 6.07) is 6.50. The monoisotopic (exact) mass is 364 g/mol. The molecule has 1 aromatic carbocycles. The Morgan fingerprint density at radius 3 is 2.81 bits per heavy atom. The summed E-state index contributed by atoms with van der Waals surface area (Å²) in [5.41, 5.74) is 0.228. The summed E-state index contributed by atoms with van der Waals surface area (Å²) in [4.78, 5) is 15.8. The van der Waals surface area contributed by atoms with Gasteiger partial charge in [-0.3, -0.25) is 9.89 Å². The van der Waals surface area contributed by atoms with Crippen molar-refractivity contribution in [2.75, 3.05) is 5.32 Å². The van der Waals surface area contributed by atoms with Crippen molar-refractivity contribution in [1.82, 2.24) is 15.2 Å². The Hall–Kier alpha value is -2.94. The van der Waals surface area contributed by atoms with Crippen LogP contribution in [-0.4, -0.2) is 32.3 Å². The van der Waals surface area contributed by atoms with E-state index in [2.05, 4.69) is 20.5 Å². The van der Waals surface area contributed by atoms with E-state index in [1.807, 2.05) is 0 Å². The second kappa shape index (κ2) is 6.75. The molecule has 9 heteroatoms. The highest BCUT2D eigenvalue weighted by Crippen LogP contribution is 2.28. The third kappa shape index (κ3) is 3.83. The fraction of sp³-hybridized carbons (Fsp3) is 0.235. The zero-order valence-corrected chi connectivity index (χ0v) is 13.6. The number of alkyl halides is 3. The molecule has 2 heterocycles. The molecule has 0 radical (unpaired) electrons. The number of carbonyl (C=O) groups excluding carboxylic acids is 1. The molecule has 136 valence electrons. The van der Waals surface area contributed by atoms with Crippen molar-refractivity contribution in [2.24, 2.45) is 0 Å². The lowest BCUT2D eigenvalue weighted by atomic mass is 10.0. The van der Waals surface area contributed by atoms with Gasteiger partial charge in [0.05, 0.1) is 17.8 Å². The average Bonchev–Trinajstić information content (AvgIpc) is 3.01. The smallest absolute Gasteiger partial charge is 0.393 e. The molecule has 2 aromatic heterocycles. The molecule has 0 saturated carbocycles. The number of anilines is 1. The Morgan fingerprint density at radius 1 is 1.35 bits per heavy atom. The van der Waals surface area contributed by atoms with Crippen molar-refractivity contribution in [3.8, 4) is 0 Å². The Kier molecular flexibility index (Phi) is 4.64. The summed E-state index contributed by atoms with van der Waals surface area (Å²) >= 11 is 0. The first-order chi connectivity index (χ1) is 12.2. The van der Waals surface area contributed by atoms with Crippen LogP contribution in [0.5, 0.6) is 0 Å². The van der Waals surface area contributed by atoms with Crippen LogP contribution in [0.1, 0.15) is 28.7 Å². The molecular weight excluding hydrogens is 349 g/mol. The van der Waals surface area contributed by atoms with Crippen LogP contribution >= 0.6 is 0 Å². The number of hydrogen-bond donors (Lipinski definition) is 3. The summed E-state index contributed by atoms with van der Waals surface area (Å²) in [7, 11) is 0. The second-order valence-corrected chi connectivity index (χ2v) is 5.88. The Balaban J connectivity index is 1.93. The number of H-pyrrole nitrogens is 1. The molecule has 0 aliphatic heterocycles. The number of hydrogen-bond acceptors (Lipinski definition) is 4. The zero-order chi connectivity index (χ0) is 18.9. The molecule has 3 aromatic rings. The normalized spacial score (nSPS) is 13.0. The van der Waals surface area contributed by atoms with Gasteiger partial charge in [0.25, 0.3) is 5.91 Å². The molecule has 0 saturated heterocycles. The Labute approximate surface area is 146 Å². The topological polar surface area (TPSA) is 90.9 Å². The number of amides is 1. The van der Waals surface area contributed by atoms with Crippen molar-refractivity contribution in [3.63, 3.8) is 0 Å². The number of rotatable bonds is 4. The maximum Gasteiger partial charge on any atom is 0.433 e. The fourth-order valence-electron chi connectivity index (χ4n) is 2.55. The molecule has 0 aliphatic carbocycles. The minimum absolute atomic E-state index is 0.251. The number of nitrogens with one attached hydrogen (secondary N) is 2. The van der Waals surface area contributed by atoms with E-state index in [9.17, 15) is 23.1 Å². The van der Waals surface area contributed by atoms with E-state index in [4.69, 9.17) is 0 Å². The summed E-state index contributed by atoms with van der Waals surface area (Å²) in [5, 5.41) is 19.6. The molecule has 0 spiro atoms. The Bertz CT molecular complexity index is 951. The molecule has 0 fully saturated rings. The third-order valence-electron chi connectivity index (χ3n) is 3.70. The zero-order valence-electron chi connectivity index (χ0n) is 13.6. The van der Waals surface area contributed by atoms with Crippen LogP contribution in [0.15, 0.2) is 36.5 Å². The predicted molar refractivity (Wildman–Crippen MR) is 88.7 cm³/mol. The lowest BCUT2D eigenvalue weighted by Crippen LogP contribution is -2.18. The van der Waals surface area contributed by atoms with Gasteiger partial charge >= 0.3 is 6.18 Å². The third-order valence-corrected chi connectivity index (χ3v) is 3.70. The standard InChI is InChI=1S/C17H15F3N4O2/c1-9(25)5-10-6-14-11(8-21-24-14)7-13(10)23-16(26)12-3-2-4-15(22-12)17(18,19)20/h2-4,6-9,25H,5H2,1H3,(H,21,24)(H,23,26). The highest BCUT2D eigenvalue weighted by atomic mass is 19.4. The van der Waals surface area contributed by atoms with Gasteiger partial charge in [0.1, 0.15) is 11.4 Å². The first-order valence-corrected chi connectivity index (χ1v) is 7.73. The average molecular weight is 364 g/mol. The lowest BCUT2D eigenvalue weighted by molar-refractivity contribution is -0.141. The number of nitrogens with zero attached hydrogens (tertiary/aromatic N) is 2. The summed E-state index contributed by atoms with van der Waals surface area (Å²) in [5.74, 6) is -0.772. The molecule has 1 amide bonds. The van der Waals surface area contributed by atoms with Crippen molar-refractivity contribution < 1.29 is 23.1 Å².